The molecule has 1 heterocycles. The molecule has 0 spiro atoms. The first-order chi connectivity index (χ1) is 8.15. The minimum atomic E-state index is -0.621. The molecule has 6 nitrogen and oxygen atoms in total. The predicted molar refractivity (Wildman–Crippen MR) is 59.9 cm³/mol. The van der Waals surface area contributed by atoms with E-state index in [4.69, 9.17) is 13.9 Å². The van der Waals surface area contributed by atoms with Crippen LogP contribution in [0.1, 0.15) is 5.56 Å². The second kappa shape index (κ2) is 4.32. The van der Waals surface area contributed by atoms with Gasteiger partial charge >= 0.3 is 11.8 Å². The molecule has 0 fully saturated rings. The van der Waals surface area contributed by atoms with Crippen LogP contribution in [0.15, 0.2) is 27.4 Å². The molecule has 0 saturated heterocycles. The van der Waals surface area contributed by atoms with Gasteiger partial charge in [0.05, 0.1) is 14.2 Å². The lowest BCUT2D eigenvalue weighted by Crippen LogP contribution is -2.14. The monoisotopic (exact) mass is 236 g/mol. The molecule has 2 aromatic rings. The molecule has 17 heavy (non-hydrogen) atoms. The summed E-state index contributed by atoms with van der Waals surface area (Å²) in [4.78, 5) is 11.6. The summed E-state index contributed by atoms with van der Waals surface area (Å²) < 4.78 is 15.8. The quantitative estimate of drug-likeness (QED) is 0.799. The summed E-state index contributed by atoms with van der Waals surface area (Å²) in [5.74, 6) is -0.0768. The lowest BCUT2D eigenvalue weighted by atomic mass is 10.2. The highest BCUT2D eigenvalue weighted by Crippen LogP contribution is 2.22. The van der Waals surface area contributed by atoms with E-state index in [2.05, 4.69) is 5.10 Å². The Morgan fingerprint density at radius 1 is 1.29 bits per heavy atom. The van der Waals surface area contributed by atoms with Crippen LogP contribution >= 0.6 is 0 Å². The topological polar surface area (TPSA) is 66.5 Å². The van der Waals surface area contributed by atoms with Crippen LogP contribution in [-0.2, 0) is 0 Å². The number of rotatable bonds is 3. The molecule has 0 amide bonds. The lowest BCUT2D eigenvalue weighted by molar-refractivity contribution is 0.282. The van der Waals surface area contributed by atoms with Gasteiger partial charge in [-0.25, -0.2) is 4.79 Å². The molecule has 0 aliphatic rings. The highest BCUT2D eigenvalue weighted by molar-refractivity contribution is 5.47. The highest BCUT2D eigenvalue weighted by atomic mass is 16.6. The van der Waals surface area contributed by atoms with Gasteiger partial charge in [-0.1, -0.05) is 11.2 Å². The van der Waals surface area contributed by atoms with Crippen LogP contribution in [0.2, 0.25) is 0 Å². The minimum Gasteiger partial charge on any atom is -0.494 e. The Hall–Kier alpha value is -2.24. The maximum atomic E-state index is 11.6. The van der Waals surface area contributed by atoms with Crippen LogP contribution < -0.4 is 15.2 Å². The average molecular weight is 236 g/mol. The smallest absolute Gasteiger partial charge is 0.444 e. The van der Waals surface area contributed by atoms with Gasteiger partial charge in [-0.15, -0.1) is 0 Å². The number of ether oxygens (including phenoxy) is 2. The molecule has 0 unspecified atom stereocenters. The van der Waals surface area contributed by atoms with Crippen molar-refractivity contribution in [2.45, 2.75) is 6.92 Å². The Morgan fingerprint density at radius 2 is 2.06 bits per heavy atom. The highest BCUT2D eigenvalue weighted by Gasteiger charge is 2.13. The number of hydrogen-bond acceptors (Lipinski definition) is 5. The number of aromatic nitrogens is 2. The van der Waals surface area contributed by atoms with Crippen molar-refractivity contribution in [3.63, 3.8) is 0 Å². The summed E-state index contributed by atoms with van der Waals surface area (Å²) in [6.07, 6.45) is -0.0855. The van der Waals surface area contributed by atoms with E-state index in [-0.39, 0.29) is 6.08 Å². The molecule has 0 N–H and O–H groups in total. The number of aryl methyl sites for hydroxylation is 1. The summed E-state index contributed by atoms with van der Waals surface area (Å²) in [6.45, 7) is 1.93. The van der Waals surface area contributed by atoms with Crippen molar-refractivity contribution in [2.24, 2.45) is 0 Å². The third kappa shape index (κ3) is 2.01. The SMILES string of the molecule is COc1nn(-c2ccc(C)cc2OC)c(=O)o1. The van der Waals surface area contributed by atoms with E-state index >= 15 is 0 Å². The van der Waals surface area contributed by atoms with Gasteiger partial charge in [-0.05, 0) is 24.6 Å². The van der Waals surface area contributed by atoms with Crippen LogP contribution in [0, 0.1) is 6.92 Å². The van der Waals surface area contributed by atoms with Crippen molar-refractivity contribution >= 4 is 0 Å². The van der Waals surface area contributed by atoms with Crippen molar-refractivity contribution in [3.8, 4) is 17.5 Å². The molecular weight excluding hydrogens is 224 g/mol. The predicted octanol–water partition coefficient (Wildman–Crippen LogP) is 1.15. The molecule has 2 rings (SSSR count). The van der Waals surface area contributed by atoms with Crippen molar-refractivity contribution in [2.75, 3.05) is 14.2 Å². The number of nitrogens with zero attached hydrogens (tertiary/aromatic N) is 2. The summed E-state index contributed by atoms with van der Waals surface area (Å²) in [5, 5.41) is 3.87. The van der Waals surface area contributed by atoms with E-state index in [1.165, 1.54) is 14.2 Å². The number of hydrogen-bond donors (Lipinski definition) is 0. The van der Waals surface area contributed by atoms with E-state index in [9.17, 15) is 4.79 Å². The van der Waals surface area contributed by atoms with Crippen molar-refractivity contribution in [3.05, 3.63) is 34.3 Å². The molecule has 6 heteroatoms. The summed E-state index contributed by atoms with van der Waals surface area (Å²) in [5.41, 5.74) is 1.53. The van der Waals surface area contributed by atoms with E-state index in [0.717, 1.165) is 10.2 Å². The summed E-state index contributed by atoms with van der Waals surface area (Å²) >= 11 is 0. The van der Waals surface area contributed by atoms with Crippen LogP contribution in [0.3, 0.4) is 0 Å². The van der Waals surface area contributed by atoms with Crippen LogP contribution in [0.25, 0.3) is 5.69 Å². The Bertz CT molecular complexity index is 585. The molecular formula is C11H12N2O4. The fourth-order valence-corrected chi connectivity index (χ4v) is 1.46. The summed E-state index contributed by atoms with van der Waals surface area (Å²) in [7, 11) is 2.91. The Labute approximate surface area is 97.4 Å². The lowest BCUT2D eigenvalue weighted by Gasteiger charge is -2.07. The van der Waals surface area contributed by atoms with E-state index < -0.39 is 5.76 Å². The molecule has 90 valence electrons. The average Bonchev–Trinajstić information content (AvgIpc) is 2.70. The van der Waals surface area contributed by atoms with Crippen molar-refractivity contribution in [1.29, 1.82) is 0 Å². The zero-order valence-electron chi connectivity index (χ0n) is 9.76. The van der Waals surface area contributed by atoms with Gasteiger partial charge in [-0.2, -0.15) is 4.68 Å². The minimum absolute atomic E-state index is 0.0855. The number of benzene rings is 1. The van der Waals surface area contributed by atoms with Gasteiger partial charge in [0.25, 0.3) is 0 Å². The normalized spacial score (nSPS) is 10.3. The van der Waals surface area contributed by atoms with Gasteiger partial charge < -0.3 is 13.9 Å². The van der Waals surface area contributed by atoms with Crippen molar-refractivity contribution < 1.29 is 13.9 Å². The first-order valence-electron chi connectivity index (χ1n) is 4.95. The molecule has 1 aromatic heterocycles. The van der Waals surface area contributed by atoms with Gasteiger partial charge in [0.2, 0.25) is 0 Å². The molecule has 1 aromatic carbocycles. The largest absolute Gasteiger partial charge is 0.494 e. The Morgan fingerprint density at radius 3 is 2.65 bits per heavy atom. The second-order valence-corrected chi connectivity index (χ2v) is 3.43. The van der Waals surface area contributed by atoms with E-state index in [1.54, 1.807) is 6.07 Å². The second-order valence-electron chi connectivity index (χ2n) is 3.43. The third-order valence-corrected chi connectivity index (χ3v) is 2.27. The van der Waals surface area contributed by atoms with Crippen LogP contribution in [0.4, 0.5) is 0 Å². The van der Waals surface area contributed by atoms with Gasteiger partial charge in [0, 0.05) is 0 Å². The number of methoxy groups -OCH3 is 2. The standard InChI is InChI=1S/C11H12N2O4/c1-7-4-5-8(9(6-7)15-2)13-11(14)17-10(12-13)16-3/h4-6H,1-3H3. The Balaban J connectivity index is 2.59. The fourth-order valence-electron chi connectivity index (χ4n) is 1.46. The van der Waals surface area contributed by atoms with E-state index in [0.29, 0.717) is 11.4 Å². The molecule has 0 aliphatic carbocycles. The zero-order valence-corrected chi connectivity index (χ0v) is 9.76. The van der Waals surface area contributed by atoms with Gasteiger partial charge in [0.15, 0.2) is 0 Å². The summed E-state index contributed by atoms with van der Waals surface area (Å²) in [6, 6.07) is 5.39. The fraction of sp³-hybridized carbons (Fsp3) is 0.273. The van der Waals surface area contributed by atoms with Gasteiger partial charge in [0.1, 0.15) is 11.4 Å². The maximum Gasteiger partial charge on any atom is 0.444 e. The first-order valence-corrected chi connectivity index (χ1v) is 4.95. The molecule has 0 atom stereocenters. The Kier molecular flexibility index (Phi) is 2.86. The molecule has 0 aliphatic heterocycles. The van der Waals surface area contributed by atoms with E-state index in [1.807, 2.05) is 19.1 Å². The zero-order chi connectivity index (χ0) is 12.4. The maximum absolute atomic E-state index is 11.6. The van der Waals surface area contributed by atoms with Crippen LogP contribution in [0.5, 0.6) is 11.8 Å². The van der Waals surface area contributed by atoms with Crippen molar-refractivity contribution in [1.82, 2.24) is 9.78 Å². The molecule has 0 radical (unpaired) electrons. The third-order valence-electron chi connectivity index (χ3n) is 2.27. The van der Waals surface area contributed by atoms with Crippen LogP contribution in [-0.4, -0.2) is 24.0 Å². The van der Waals surface area contributed by atoms with Gasteiger partial charge in [-0.3, -0.25) is 0 Å². The molecule has 0 saturated carbocycles. The first kappa shape index (κ1) is 11.3. The molecule has 0 bridgehead atoms.